The number of nitrogens with zero attached hydrogens (tertiary/aromatic N) is 3. The highest BCUT2D eigenvalue weighted by atomic mass is 32.2. The van der Waals surface area contributed by atoms with Crippen LogP contribution >= 0.6 is 0 Å². The Hall–Kier alpha value is -2.35. The topological polar surface area (TPSA) is 92.5 Å². The van der Waals surface area contributed by atoms with Crippen molar-refractivity contribution in [3.63, 3.8) is 0 Å². The number of hydrogen-bond acceptors (Lipinski definition) is 4. The second-order valence-electron chi connectivity index (χ2n) is 5.92. The molecule has 0 amide bonds. The van der Waals surface area contributed by atoms with Crippen molar-refractivity contribution in [2.24, 2.45) is 0 Å². The molecule has 2 aromatic rings. The van der Waals surface area contributed by atoms with Crippen molar-refractivity contribution in [3.8, 4) is 0 Å². The molecule has 0 spiro atoms. The summed E-state index contributed by atoms with van der Waals surface area (Å²) in [5, 5.41) is 13.1. The van der Waals surface area contributed by atoms with E-state index in [4.69, 9.17) is 5.11 Å². The second kappa shape index (κ2) is 6.27. The monoisotopic (exact) mass is 349 g/mol. The first-order valence-corrected chi connectivity index (χ1v) is 9.20. The van der Waals surface area contributed by atoms with Crippen molar-refractivity contribution in [1.29, 1.82) is 0 Å². The summed E-state index contributed by atoms with van der Waals surface area (Å²) in [6, 6.07) is 5.98. The van der Waals surface area contributed by atoms with E-state index in [0.717, 1.165) is 30.0 Å². The molecule has 1 saturated carbocycles. The Labute approximate surface area is 140 Å². The first kappa shape index (κ1) is 16.5. The molecule has 0 aliphatic heterocycles. The van der Waals surface area contributed by atoms with Gasteiger partial charge in [0.1, 0.15) is 4.90 Å². The fourth-order valence-corrected chi connectivity index (χ4v) is 4.07. The van der Waals surface area contributed by atoms with Crippen LogP contribution in [0.4, 0.5) is 5.69 Å². The van der Waals surface area contributed by atoms with Crippen molar-refractivity contribution in [1.82, 2.24) is 9.78 Å². The number of rotatable bonds is 5. The number of aromatic nitrogens is 2. The lowest BCUT2D eigenvalue weighted by Gasteiger charge is -2.18. The molecule has 8 heteroatoms. The highest BCUT2D eigenvalue weighted by Crippen LogP contribution is 2.30. The molecule has 1 aromatic carbocycles. The standard InChI is InChI=1S/C16H19N3O4S/c1-18(13-8-6-12(7-9-13)16(20)21)24(22,23)15-10-17-19(11-15)14-4-2-3-5-14/h6-11,14H,2-5H2,1H3,(H,20,21). The number of carboxylic acids is 1. The van der Waals surface area contributed by atoms with E-state index in [2.05, 4.69) is 5.10 Å². The van der Waals surface area contributed by atoms with Gasteiger partial charge in [-0.2, -0.15) is 5.10 Å². The van der Waals surface area contributed by atoms with Crippen LogP contribution in [0.5, 0.6) is 0 Å². The maximum Gasteiger partial charge on any atom is 0.335 e. The number of sulfonamides is 1. The molecule has 1 aromatic heterocycles. The molecule has 1 aliphatic rings. The quantitative estimate of drug-likeness (QED) is 0.895. The lowest BCUT2D eigenvalue weighted by atomic mass is 10.2. The van der Waals surface area contributed by atoms with Gasteiger partial charge in [-0.3, -0.25) is 8.99 Å². The van der Waals surface area contributed by atoms with Crippen molar-refractivity contribution in [2.45, 2.75) is 36.6 Å². The van der Waals surface area contributed by atoms with Gasteiger partial charge in [-0.05, 0) is 37.1 Å². The summed E-state index contributed by atoms with van der Waals surface area (Å²) in [6.45, 7) is 0. The van der Waals surface area contributed by atoms with E-state index in [0.29, 0.717) is 5.69 Å². The molecule has 0 radical (unpaired) electrons. The molecule has 1 heterocycles. The number of carboxylic acid groups (broad SMARTS) is 1. The van der Waals surface area contributed by atoms with Crippen LogP contribution in [-0.2, 0) is 10.0 Å². The minimum atomic E-state index is -3.73. The molecule has 0 saturated heterocycles. The van der Waals surface area contributed by atoms with Crippen molar-refractivity contribution >= 4 is 21.7 Å². The second-order valence-corrected chi connectivity index (χ2v) is 7.89. The smallest absolute Gasteiger partial charge is 0.335 e. The summed E-state index contributed by atoms with van der Waals surface area (Å²) in [5.74, 6) is -1.05. The zero-order valence-electron chi connectivity index (χ0n) is 13.3. The first-order valence-electron chi connectivity index (χ1n) is 7.76. The van der Waals surface area contributed by atoms with E-state index in [1.54, 1.807) is 10.9 Å². The molecule has 24 heavy (non-hydrogen) atoms. The van der Waals surface area contributed by atoms with Crippen LogP contribution in [0.1, 0.15) is 42.1 Å². The van der Waals surface area contributed by atoms with Crippen LogP contribution in [0.2, 0.25) is 0 Å². The predicted molar refractivity (Wildman–Crippen MR) is 88.7 cm³/mol. The SMILES string of the molecule is CN(c1ccc(C(=O)O)cc1)S(=O)(=O)c1cnn(C2CCCC2)c1. The zero-order valence-corrected chi connectivity index (χ0v) is 14.1. The molecule has 7 nitrogen and oxygen atoms in total. The third-order valence-electron chi connectivity index (χ3n) is 4.41. The Morgan fingerprint density at radius 2 is 1.88 bits per heavy atom. The van der Waals surface area contributed by atoms with E-state index in [1.165, 1.54) is 37.5 Å². The van der Waals surface area contributed by atoms with Gasteiger partial charge in [0.25, 0.3) is 10.0 Å². The van der Waals surface area contributed by atoms with Gasteiger partial charge < -0.3 is 5.11 Å². The predicted octanol–water partition coefficient (Wildman–Crippen LogP) is 2.52. The van der Waals surface area contributed by atoms with E-state index >= 15 is 0 Å². The lowest BCUT2D eigenvalue weighted by molar-refractivity contribution is 0.0697. The Balaban J connectivity index is 1.85. The minimum absolute atomic E-state index is 0.110. The average molecular weight is 349 g/mol. The number of aromatic carboxylic acids is 1. The van der Waals surface area contributed by atoms with E-state index in [-0.39, 0.29) is 16.5 Å². The minimum Gasteiger partial charge on any atom is -0.478 e. The van der Waals surface area contributed by atoms with Crippen LogP contribution in [0.3, 0.4) is 0 Å². The third-order valence-corrected chi connectivity index (χ3v) is 6.15. The van der Waals surface area contributed by atoms with Crippen molar-refractivity contribution in [3.05, 3.63) is 42.2 Å². The number of carbonyl (C=O) groups is 1. The first-order chi connectivity index (χ1) is 11.4. The van der Waals surface area contributed by atoms with Gasteiger partial charge in [0.05, 0.1) is 23.5 Å². The van der Waals surface area contributed by atoms with Gasteiger partial charge in [-0.1, -0.05) is 12.8 Å². The van der Waals surface area contributed by atoms with Crippen molar-refractivity contribution < 1.29 is 18.3 Å². The van der Waals surface area contributed by atoms with Gasteiger partial charge in [0.15, 0.2) is 0 Å². The van der Waals surface area contributed by atoms with E-state index < -0.39 is 16.0 Å². The Kier molecular flexibility index (Phi) is 4.31. The Morgan fingerprint density at radius 3 is 2.46 bits per heavy atom. The van der Waals surface area contributed by atoms with Gasteiger partial charge in [-0.15, -0.1) is 0 Å². The molecule has 0 atom stereocenters. The van der Waals surface area contributed by atoms with E-state index in [9.17, 15) is 13.2 Å². The number of benzene rings is 1. The maximum absolute atomic E-state index is 12.7. The fraction of sp³-hybridized carbons (Fsp3) is 0.375. The highest BCUT2D eigenvalue weighted by Gasteiger charge is 2.25. The normalized spacial score (nSPS) is 15.5. The molecular formula is C16H19N3O4S. The highest BCUT2D eigenvalue weighted by molar-refractivity contribution is 7.92. The molecule has 1 aliphatic carbocycles. The van der Waals surface area contributed by atoms with Crippen LogP contribution < -0.4 is 4.31 Å². The zero-order chi connectivity index (χ0) is 17.3. The molecule has 128 valence electrons. The van der Waals surface area contributed by atoms with E-state index in [1.807, 2.05) is 0 Å². The van der Waals surface area contributed by atoms with Gasteiger partial charge in [-0.25, -0.2) is 13.2 Å². The molecular weight excluding hydrogens is 330 g/mol. The summed E-state index contributed by atoms with van der Waals surface area (Å²) in [4.78, 5) is 11.0. The number of anilines is 1. The Bertz CT molecular complexity index is 836. The largest absolute Gasteiger partial charge is 0.478 e. The Morgan fingerprint density at radius 1 is 1.25 bits per heavy atom. The average Bonchev–Trinajstić information content (AvgIpc) is 3.25. The maximum atomic E-state index is 12.7. The van der Waals surface area contributed by atoms with Gasteiger partial charge in [0.2, 0.25) is 0 Å². The van der Waals surface area contributed by atoms with Crippen LogP contribution in [0.25, 0.3) is 0 Å². The molecule has 1 fully saturated rings. The summed E-state index contributed by atoms with van der Waals surface area (Å²) in [7, 11) is -2.29. The molecule has 0 bridgehead atoms. The molecule has 1 N–H and O–H groups in total. The third kappa shape index (κ3) is 3.01. The van der Waals surface area contributed by atoms with Crippen LogP contribution in [0, 0.1) is 0 Å². The van der Waals surface area contributed by atoms with Crippen molar-refractivity contribution in [2.75, 3.05) is 11.4 Å². The lowest BCUT2D eigenvalue weighted by Crippen LogP contribution is -2.26. The summed E-state index contributed by atoms with van der Waals surface area (Å²) in [5.41, 5.74) is 0.507. The summed E-state index contributed by atoms with van der Waals surface area (Å²) in [6.07, 6.45) is 7.27. The summed E-state index contributed by atoms with van der Waals surface area (Å²) < 4.78 is 28.3. The van der Waals surface area contributed by atoms with Crippen LogP contribution in [0.15, 0.2) is 41.6 Å². The van der Waals surface area contributed by atoms with Gasteiger partial charge in [0, 0.05) is 13.2 Å². The molecule has 3 rings (SSSR count). The van der Waals surface area contributed by atoms with Gasteiger partial charge >= 0.3 is 5.97 Å². The number of hydrogen-bond donors (Lipinski definition) is 1. The molecule has 0 unspecified atom stereocenters. The van der Waals surface area contributed by atoms with Crippen LogP contribution in [-0.4, -0.2) is 36.3 Å². The summed E-state index contributed by atoms with van der Waals surface area (Å²) >= 11 is 0. The fourth-order valence-electron chi connectivity index (χ4n) is 2.93.